The van der Waals surface area contributed by atoms with Gasteiger partial charge in [-0.1, -0.05) is 0 Å². The standard InChI is InChI=1S/C7H10N4O2/c1-5(7(13)10-8)11-6(12)3-2-4-9-11/h2-5H,8H2,1H3,(H,10,13). The number of hydrazine groups is 1. The average molecular weight is 182 g/mol. The molecule has 0 spiro atoms. The van der Waals surface area contributed by atoms with E-state index in [-0.39, 0.29) is 5.56 Å². The van der Waals surface area contributed by atoms with Crippen LogP contribution in [-0.2, 0) is 4.79 Å². The molecule has 0 bridgehead atoms. The molecule has 0 aliphatic heterocycles. The second-order valence-electron chi connectivity index (χ2n) is 2.49. The smallest absolute Gasteiger partial charge is 0.267 e. The van der Waals surface area contributed by atoms with Gasteiger partial charge in [-0.3, -0.25) is 15.0 Å². The van der Waals surface area contributed by atoms with Crippen molar-refractivity contribution in [1.82, 2.24) is 15.2 Å². The summed E-state index contributed by atoms with van der Waals surface area (Å²) in [7, 11) is 0. The maximum absolute atomic E-state index is 11.2. The zero-order valence-electron chi connectivity index (χ0n) is 7.10. The normalized spacial score (nSPS) is 12.2. The monoisotopic (exact) mass is 182 g/mol. The molecule has 70 valence electrons. The number of aromatic nitrogens is 2. The molecule has 6 nitrogen and oxygen atoms in total. The summed E-state index contributed by atoms with van der Waals surface area (Å²) in [5.74, 6) is 4.46. The molecule has 1 aromatic heterocycles. The van der Waals surface area contributed by atoms with Gasteiger partial charge in [0.1, 0.15) is 6.04 Å². The van der Waals surface area contributed by atoms with E-state index in [1.165, 1.54) is 25.3 Å². The Morgan fingerprint density at radius 2 is 2.46 bits per heavy atom. The number of carbonyl (C=O) groups excluding carboxylic acids is 1. The topological polar surface area (TPSA) is 90.0 Å². The molecule has 1 aromatic rings. The van der Waals surface area contributed by atoms with E-state index in [2.05, 4.69) is 5.10 Å². The first-order valence-electron chi connectivity index (χ1n) is 3.71. The number of nitrogens with one attached hydrogen (secondary N) is 1. The first-order valence-corrected chi connectivity index (χ1v) is 3.71. The van der Waals surface area contributed by atoms with Gasteiger partial charge in [0, 0.05) is 12.3 Å². The van der Waals surface area contributed by atoms with Gasteiger partial charge in [-0.15, -0.1) is 0 Å². The Bertz CT molecular complexity index is 360. The van der Waals surface area contributed by atoms with Crippen LogP contribution in [0.15, 0.2) is 23.1 Å². The Balaban J connectivity index is 3.02. The lowest BCUT2D eigenvalue weighted by atomic mass is 10.3. The van der Waals surface area contributed by atoms with Crippen LogP contribution in [0.25, 0.3) is 0 Å². The lowest BCUT2D eigenvalue weighted by Crippen LogP contribution is -2.39. The van der Waals surface area contributed by atoms with Gasteiger partial charge < -0.3 is 0 Å². The molecule has 6 heteroatoms. The fourth-order valence-corrected chi connectivity index (χ4v) is 0.891. The van der Waals surface area contributed by atoms with E-state index in [1.54, 1.807) is 0 Å². The second kappa shape index (κ2) is 3.81. The zero-order valence-corrected chi connectivity index (χ0v) is 7.10. The van der Waals surface area contributed by atoms with E-state index in [9.17, 15) is 9.59 Å². The molecule has 1 heterocycles. The molecule has 1 amide bonds. The Hall–Kier alpha value is -1.69. The highest BCUT2D eigenvalue weighted by Gasteiger charge is 2.14. The third-order valence-corrected chi connectivity index (χ3v) is 1.63. The molecular weight excluding hydrogens is 172 g/mol. The van der Waals surface area contributed by atoms with Crippen molar-refractivity contribution in [3.8, 4) is 0 Å². The zero-order chi connectivity index (χ0) is 9.84. The first-order chi connectivity index (χ1) is 6.16. The number of nitrogens with zero attached hydrogens (tertiary/aromatic N) is 2. The predicted octanol–water partition coefficient (Wildman–Crippen LogP) is -1.21. The fraction of sp³-hybridized carbons (Fsp3) is 0.286. The Kier molecular flexibility index (Phi) is 2.76. The van der Waals surface area contributed by atoms with Crippen molar-refractivity contribution in [2.75, 3.05) is 0 Å². The molecule has 1 unspecified atom stereocenters. The van der Waals surface area contributed by atoms with Gasteiger partial charge in [0.25, 0.3) is 11.5 Å². The van der Waals surface area contributed by atoms with Gasteiger partial charge in [0.15, 0.2) is 0 Å². The molecule has 13 heavy (non-hydrogen) atoms. The summed E-state index contributed by atoms with van der Waals surface area (Å²) in [6, 6.07) is 2.14. The molecule has 0 aromatic carbocycles. The molecule has 1 atom stereocenters. The minimum absolute atomic E-state index is 0.335. The molecular formula is C7H10N4O2. The van der Waals surface area contributed by atoms with Crippen molar-refractivity contribution in [3.05, 3.63) is 28.7 Å². The maximum atomic E-state index is 11.2. The molecule has 0 aliphatic carbocycles. The summed E-state index contributed by atoms with van der Waals surface area (Å²) in [5.41, 5.74) is 1.62. The van der Waals surface area contributed by atoms with Gasteiger partial charge in [0.2, 0.25) is 0 Å². The Morgan fingerprint density at radius 1 is 1.77 bits per heavy atom. The van der Waals surface area contributed by atoms with E-state index >= 15 is 0 Å². The second-order valence-corrected chi connectivity index (χ2v) is 2.49. The molecule has 3 N–H and O–H groups in total. The number of carbonyl (C=O) groups is 1. The van der Waals surface area contributed by atoms with Crippen LogP contribution in [0.5, 0.6) is 0 Å². The summed E-state index contributed by atoms with van der Waals surface area (Å²) >= 11 is 0. The van der Waals surface area contributed by atoms with Crippen LogP contribution in [0, 0.1) is 0 Å². The highest BCUT2D eigenvalue weighted by molar-refractivity contribution is 5.78. The minimum atomic E-state index is -0.696. The lowest BCUT2D eigenvalue weighted by molar-refractivity contribution is -0.124. The Morgan fingerprint density at radius 3 is 3.00 bits per heavy atom. The number of rotatable bonds is 2. The van der Waals surface area contributed by atoms with Crippen molar-refractivity contribution in [2.45, 2.75) is 13.0 Å². The molecule has 0 saturated carbocycles. The number of nitrogens with two attached hydrogens (primary N) is 1. The van der Waals surface area contributed by atoms with Crippen LogP contribution >= 0.6 is 0 Å². The van der Waals surface area contributed by atoms with Gasteiger partial charge in [0.05, 0.1) is 0 Å². The van der Waals surface area contributed by atoms with Crippen LogP contribution < -0.4 is 16.8 Å². The predicted molar refractivity (Wildman–Crippen MR) is 45.5 cm³/mol. The van der Waals surface area contributed by atoms with E-state index in [1.807, 2.05) is 5.43 Å². The highest BCUT2D eigenvalue weighted by Crippen LogP contribution is 1.97. The van der Waals surface area contributed by atoms with Gasteiger partial charge >= 0.3 is 0 Å². The maximum Gasteiger partial charge on any atom is 0.267 e. The highest BCUT2D eigenvalue weighted by atomic mass is 16.2. The van der Waals surface area contributed by atoms with E-state index in [0.29, 0.717) is 0 Å². The number of hydrogen-bond acceptors (Lipinski definition) is 4. The summed E-state index contributed by atoms with van der Waals surface area (Å²) in [4.78, 5) is 22.2. The summed E-state index contributed by atoms with van der Waals surface area (Å²) in [5, 5.41) is 3.74. The van der Waals surface area contributed by atoms with E-state index < -0.39 is 11.9 Å². The van der Waals surface area contributed by atoms with Crippen molar-refractivity contribution >= 4 is 5.91 Å². The van der Waals surface area contributed by atoms with Crippen LogP contribution in [0.3, 0.4) is 0 Å². The Labute approximate surface area is 74.3 Å². The van der Waals surface area contributed by atoms with Crippen molar-refractivity contribution in [2.24, 2.45) is 5.84 Å². The van der Waals surface area contributed by atoms with Crippen molar-refractivity contribution < 1.29 is 4.79 Å². The van der Waals surface area contributed by atoms with Crippen LogP contribution in [0.1, 0.15) is 13.0 Å². The van der Waals surface area contributed by atoms with Gasteiger partial charge in [-0.2, -0.15) is 5.10 Å². The number of hydrogen-bond donors (Lipinski definition) is 2. The fourth-order valence-electron chi connectivity index (χ4n) is 0.891. The quantitative estimate of drug-likeness (QED) is 0.341. The van der Waals surface area contributed by atoms with Gasteiger partial charge in [-0.05, 0) is 13.0 Å². The SMILES string of the molecule is CC(C(=O)NN)n1ncccc1=O. The van der Waals surface area contributed by atoms with Gasteiger partial charge in [-0.25, -0.2) is 10.5 Å². The third kappa shape index (κ3) is 1.91. The third-order valence-electron chi connectivity index (χ3n) is 1.63. The summed E-state index contributed by atoms with van der Waals surface area (Å²) < 4.78 is 1.06. The number of amides is 1. The molecule has 0 fully saturated rings. The van der Waals surface area contributed by atoms with Crippen LogP contribution in [0.2, 0.25) is 0 Å². The van der Waals surface area contributed by atoms with Crippen LogP contribution in [-0.4, -0.2) is 15.7 Å². The lowest BCUT2D eigenvalue weighted by Gasteiger charge is -2.10. The summed E-state index contributed by atoms with van der Waals surface area (Å²) in [6.07, 6.45) is 1.43. The van der Waals surface area contributed by atoms with Crippen molar-refractivity contribution in [1.29, 1.82) is 0 Å². The minimum Gasteiger partial charge on any atom is -0.292 e. The van der Waals surface area contributed by atoms with E-state index in [0.717, 1.165) is 4.68 Å². The van der Waals surface area contributed by atoms with E-state index in [4.69, 9.17) is 5.84 Å². The molecule has 1 rings (SSSR count). The molecule has 0 radical (unpaired) electrons. The molecule has 0 aliphatic rings. The largest absolute Gasteiger partial charge is 0.292 e. The van der Waals surface area contributed by atoms with Crippen LogP contribution in [0.4, 0.5) is 0 Å². The van der Waals surface area contributed by atoms with Crippen molar-refractivity contribution in [3.63, 3.8) is 0 Å². The average Bonchev–Trinajstić information content (AvgIpc) is 2.16. The first kappa shape index (κ1) is 9.40. The molecule has 0 saturated heterocycles. The summed E-state index contributed by atoms with van der Waals surface area (Å²) in [6.45, 7) is 1.54.